The van der Waals surface area contributed by atoms with Crippen LogP contribution in [0.3, 0.4) is 0 Å². The molecule has 0 aliphatic carbocycles. The summed E-state index contributed by atoms with van der Waals surface area (Å²) >= 11 is 8.67. The second kappa shape index (κ2) is 15.2. The highest BCUT2D eigenvalue weighted by atomic mass is 35.5. The van der Waals surface area contributed by atoms with Gasteiger partial charge in [-0.25, -0.2) is 4.79 Å². The minimum Gasteiger partial charge on any atom is -0.351 e. The number of fused-ring (bicyclic) bond motifs is 1. The Morgan fingerprint density at radius 1 is 0.957 bits per heavy atom. The summed E-state index contributed by atoms with van der Waals surface area (Å²) in [6.45, 7) is 9.02. The van der Waals surface area contributed by atoms with Gasteiger partial charge in [0.15, 0.2) is 0 Å². The van der Waals surface area contributed by atoms with E-state index in [1.54, 1.807) is 4.90 Å². The third kappa shape index (κ3) is 8.15. The number of primary amides is 1. The van der Waals surface area contributed by atoms with Crippen LogP contribution >= 0.6 is 23.4 Å². The Bertz CT molecular complexity index is 1720. The zero-order valence-corrected chi connectivity index (χ0v) is 28.0. The summed E-state index contributed by atoms with van der Waals surface area (Å²) in [7, 11) is 0. The molecule has 4 aromatic rings. The molecular formula is C37H41ClN6OS. The average molecular weight is 653 g/mol. The number of carbonyl (C=O) groups excluding carboxylic acids is 1. The van der Waals surface area contributed by atoms with E-state index in [0.717, 1.165) is 80.1 Å². The van der Waals surface area contributed by atoms with Gasteiger partial charge < -0.3 is 20.9 Å². The summed E-state index contributed by atoms with van der Waals surface area (Å²) in [5, 5.41) is 9.21. The molecule has 0 atom stereocenters. The molecular weight excluding hydrogens is 612 g/mol. The molecule has 2 aliphatic rings. The van der Waals surface area contributed by atoms with Gasteiger partial charge in [0.05, 0.1) is 17.3 Å². The van der Waals surface area contributed by atoms with Gasteiger partial charge >= 0.3 is 6.03 Å². The molecule has 9 heteroatoms. The lowest BCUT2D eigenvalue weighted by atomic mass is 9.99. The Hall–Kier alpha value is -3.74. The molecule has 7 nitrogen and oxygen atoms in total. The molecule has 0 radical (unpaired) electrons. The lowest BCUT2D eigenvalue weighted by molar-refractivity contribution is 0.201. The second-order valence-electron chi connectivity index (χ2n) is 12.0. The van der Waals surface area contributed by atoms with Crippen LogP contribution in [0.25, 0.3) is 11.3 Å². The van der Waals surface area contributed by atoms with Gasteiger partial charge in [0.25, 0.3) is 0 Å². The van der Waals surface area contributed by atoms with Crippen molar-refractivity contribution < 1.29 is 4.79 Å². The van der Waals surface area contributed by atoms with Crippen LogP contribution in [0.1, 0.15) is 45.5 Å². The summed E-state index contributed by atoms with van der Waals surface area (Å²) in [6.07, 6.45) is 1.78. The number of nitrogens with one attached hydrogen (secondary N) is 1. The van der Waals surface area contributed by atoms with E-state index in [1.165, 1.54) is 33.9 Å². The molecule has 3 aromatic carbocycles. The molecule has 0 bridgehead atoms. The number of nitrogens with two attached hydrogens (primary N) is 1. The van der Waals surface area contributed by atoms with Crippen molar-refractivity contribution in [2.24, 2.45) is 5.73 Å². The van der Waals surface area contributed by atoms with Crippen LogP contribution in [0.2, 0.25) is 5.02 Å². The number of aryl methyl sites for hydroxylation is 2. The minimum atomic E-state index is -0.400. The van der Waals surface area contributed by atoms with Crippen LogP contribution in [0.5, 0.6) is 0 Å². The highest BCUT2D eigenvalue weighted by molar-refractivity contribution is 7.99. The number of aromatic nitrogens is 2. The predicted molar refractivity (Wildman–Crippen MR) is 189 cm³/mol. The van der Waals surface area contributed by atoms with E-state index in [9.17, 15) is 4.79 Å². The summed E-state index contributed by atoms with van der Waals surface area (Å²) in [6, 6.07) is 22.4. The van der Waals surface area contributed by atoms with Gasteiger partial charge in [-0.1, -0.05) is 71.5 Å². The molecule has 0 saturated carbocycles. The number of urea groups is 1. The molecule has 3 heterocycles. The summed E-state index contributed by atoms with van der Waals surface area (Å²) in [5.74, 6) is 9.00. The molecule has 6 rings (SSSR count). The Labute approximate surface area is 281 Å². The number of hydrogen-bond acceptors (Lipinski definition) is 5. The molecule has 1 saturated heterocycles. The van der Waals surface area contributed by atoms with Crippen molar-refractivity contribution in [3.8, 4) is 23.1 Å². The smallest absolute Gasteiger partial charge is 0.315 e. The zero-order valence-electron chi connectivity index (χ0n) is 26.4. The van der Waals surface area contributed by atoms with Gasteiger partial charge in [-0.05, 0) is 55.3 Å². The van der Waals surface area contributed by atoms with E-state index in [4.69, 9.17) is 22.4 Å². The number of nitrogens with zero attached hydrogens (tertiary/aromatic N) is 4. The van der Waals surface area contributed by atoms with Crippen LogP contribution in [0.4, 0.5) is 4.79 Å². The van der Waals surface area contributed by atoms with Crippen LogP contribution in [-0.2, 0) is 32.6 Å². The molecule has 46 heavy (non-hydrogen) atoms. The third-order valence-corrected chi connectivity index (χ3v) is 9.98. The Kier molecular flexibility index (Phi) is 10.7. The Morgan fingerprint density at radius 3 is 2.39 bits per heavy atom. The molecule has 2 amide bonds. The van der Waals surface area contributed by atoms with Gasteiger partial charge in [-0.3, -0.25) is 4.68 Å². The first-order valence-corrected chi connectivity index (χ1v) is 17.6. The molecule has 3 N–H and O–H groups in total. The van der Waals surface area contributed by atoms with Crippen molar-refractivity contribution in [3.63, 3.8) is 0 Å². The standard InChI is InChI=1S/C37H41ClN6OS/c1-27-3-5-29(6-4-27)24-40-25-30-9-7-28(8-10-30)11-12-31-23-32(13-14-34(31)38)36-33-26-43(37(39)45)18-15-35(33)44(41-36)17-2-16-42-19-21-46-22-20-42/h3-10,13-14,23,40H,2,15-22,24-26H2,1H3,(H2,39,45). The molecule has 0 spiro atoms. The molecule has 2 aliphatic heterocycles. The summed E-state index contributed by atoms with van der Waals surface area (Å²) in [5.41, 5.74) is 15.2. The molecule has 1 aromatic heterocycles. The lowest BCUT2D eigenvalue weighted by Crippen LogP contribution is -2.39. The summed E-state index contributed by atoms with van der Waals surface area (Å²) in [4.78, 5) is 16.3. The first kappa shape index (κ1) is 32.2. The number of thioether (sulfide) groups is 1. The SMILES string of the molecule is Cc1ccc(CNCc2ccc(C#Cc3cc(-c4nn(CCCN5CCSCC5)c5c4CN(C(N)=O)CC5)ccc3Cl)cc2)cc1. The van der Waals surface area contributed by atoms with Crippen molar-refractivity contribution in [3.05, 3.63) is 111 Å². The van der Waals surface area contributed by atoms with Gasteiger partial charge in [0.2, 0.25) is 0 Å². The van der Waals surface area contributed by atoms with E-state index in [2.05, 4.69) is 70.1 Å². The minimum absolute atomic E-state index is 0.400. The number of hydrogen-bond donors (Lipinski definition) is 2. The largest absolute Gasteiger partial charge is 0.351 e. The number of rotatable bonds is 9. The maximum absolute atomic E-state index is 12.1. The predicted octanol–water partition coefficient (Wildman–Crippen LogP) is 6.08. The van der Waals surface area contributed by atoms with Gasteiger partial charge in [0.1, 0.15) is 0 Å². The Balaban J connectivity index is 1.16. The van der Waals surface area contributed by atoms with E-state index < -0.39 is 6.03 Å². The fourth-order valence-corrected chi connectivity index (χ4v) is 7.18. The highest BCUT2D eigenvalue weighted by Crippen LogP contribution is 2.32. The van der Waals surface area contributed by atoms with E-state index >= 15 is 0 Å². The van der Waals surface area contributed by atoms with E-state index in [0.29, 0.717) is 18.1 Å². The normalized spacial score (nSPS) is 14.9. The average Bonchev–Trinajstić information content (AvgIpc) is 3.44. The fourth-order valence-electron chi connectivity index (χ4n) is 6.04. The third-order valence-electron chi connectivity index (χ3n) is 8.71. The molecule has 0 unspecified atom stereocenters. The Morgan fingerprint density at radius 2 is 1.67 bits per heavy atom. The first-order chi connectivity index (χ1) is 22.4. The fraction of sp³-hybridized carbons (Fsp3) is 0.351. The van der Waals surface area contributed by atoms with Gasteiger partial charge in [-0.15, -0.1) is 0 Å². The lowest BCUT2D eigenvalue weighted by Gasteiger charge is -2.27. The van der Waals surface area contributed by atoms with Crippen molar-refractivity contribution in [1.29, 1.82) is 0 Å². The maximum Gasteiger partial charge on any atom is 0.315 e. The van der Waals surface area contributed by atoms with Crippen LogP contribution in [0, 0.1) is 18.8 Å². The zero-order chi connectivity index (χ0) is 31.9. The number of carbonyl (C=O) groups is 1. The van der Waals surface area contributed by atoms with Crippen LogP contribution < -0.4 is 11.1 Å². The first-order valence-electron chi connectivity index (χ1n) is 16.0. The maximum atomic E-state index is 12.1. The molecule has 238 valence electrons. The van der Waals surface area contributed by atoms with Crippen LogP contribution in [0.15, 0.2) is 66.7 Å². The van der Waals surface area contributed by atoms with Crippen molar-refractivity contribution in [2.75, 3.05) is 37.7 Å². The van der Waals surface area contributed by atoms with Crippen LogP contribution in [-0.4, -0.2) is 63.3 Å². The highest BCUT2D eigenvalue weighted by Gasteiger charge is 2.27. The molecule has 1 fully saturated rings. The second-order valence-corrected chi connectivity index (χ2v) is 13.7. The number of amides is 2. The van der Waals surface area contributed by atoms with E-state index in [1.807, 2.05) is 42.1 Å². The monoisotopic (exact) mass is 652 g/mol. The van der Waals surface area contributed by atoms with Gasteiger partial charge in [0, 0.05) is 85.1 Å². The van der Waals surface area contributed by atoms with Gasteiger partial charge in [-0.2, -0.15) is 16.9 Å². The van der Waals surface area contributed by atoms with E-state index in [-0.39, 0.29) is 0 Å². The topological polar surface area (TPSA) is 79.4 Å². The number of halogens is 1. The van der Waals surface area contributed by atoms with Crippen molar-refractivity contribution in [1.82, 2.24) is 24.9 Å². The number of benzene rings is 3. The quantitative estimate of drug-likeness (QED) is 0.215. The van der Waals surface area contributed by atoms with Crippen molar-refractivity contribution in [2.45, 2.75) is 45.9 Å². The summed E-state index contributed by atoms with van der Waals surface area (Å²) < 4.78 is 2.15. The van der Waals surface area contributed by atoms with Crippen molar-refractivity contribution >= 4 is 29.4 Å².